The van der Waals surface area contributed by atoms with E-state index in [1.54, 1.807) is 6.07 Å². The van der Waals surface area contributed by atoms with Gasteiger partial charge in [-0.2, -0.15) is 0 Å². The fraction of sp³-hybridized carbons (Fsp3) is 0.333. The van der Waals surface area contributed by atoms with Gasteiger partial charge >= 0.3 is 0 Å². The predicted molar refractivity (Wildman–Crippen MR) is 71.0 cm³/mol. The number of hydrogen-bond donors (Lipinski definition) is 6. The first-order valence-electron chi connectivity index (χ1n) is 5.77. The fourth-order valence-corrected chi connectivity index (χ4v) is 1.52. The van der Waals surface area contributed by atoms with Crippen LogP contribution in [0.2, 0.25) is 0 Å². The zero-order valence-electron chi connectivity index (χ0n) is 10.4. The zero-order chi connectivity index (χ0) is 14.4. The fourth-order valence-electron chi connectivity index (χ4n) is 1.52. The summed E-state index contributed by atoms with van der Waals surface area (Å²) in [5.74, 6) is -0.891. The van der Waals surface area contributed by atoms with Crippen LogP contribution in [0.1, 0.15) is 12.0 Å². The van der Waals surface area contributed by atoms with Crippen LogP contribution in [0.4, 0.5) is 0 Å². The van der Waals surface area contributed by atoms with E-state index in [9.17, 15) is 9.90 Å². The van der Waals surface area contributed by atoms with E-state index in [0.717, 1.165) is 5.56 Å². The molecule has 0 fully saturated rings. The molecule has 7 heteroatoms. The molecule has 0 aliphatic heterocycles. The highest BCUT2D eigenvalue weighted by atomic mass is 16.3. The van der Waals surface area contributed by atoms with E-state index in [1.165, 1.54) is 12.1 Å². The molecule has 0 heterocycles. The van der Waals surface area contributed by atoms with Gasteiger partial charge < -0.3 is 27.0 Å². The smallest absolute Gasteiger partial charge is 0.237 e. The van der Waals surface area contributed by atoms with E-state index < -0.39 is 6.04 Å². The van der Waals surface area contributed by atoms with Crippen molar-refractivity contribution < 1.29 is 15.0 Å². The Balaban J connectivity index is 2.39. The average Bonchev–Trinajstić information content (AvgIpc) is 2.32. The van der Waals surface area contributed by atoms with E-state index in [-0.39, 0.29) is 29.7 Å². The second kappa shape index (κ2) is 6.60. The van der Waals surface area contributed by atoms with Crippen molar-refractivity contribution in [3.63, 3.8) is 0 Å². The summed E-state index contributed by atoms with van der Waals surface area (Å²) in [5, 5.41) is 28.1. The van der Waals surface area contributed by atoms with Crippen LogP contribution in [0.3, 0.4) is 0 Å². The summed E-state index contributed by atoms with van der Waals surface area (Å²) in [6.45, 7) is 0.342. The molecule has 0 unspecified atom stereocenters. The van der Waals surface area contributed by atoms with Crippen molar-refractivity contribution in [1.29, 1.82) is 5.41 Å². The molecule has 104 valence electrons. The number of amidine groups is 1. The summed E-state index contributed by atoms with van der Waals surface area (Å²) in [7, 11) is 0. The minimum atomic E-state index is -0.828. The van der Waals surface area contributed by atoms with Gasteiger partial charge in [0.25, 0.3) is 0 Å². The van der Waals surface area contributed by atoms with Crippen LogP contribution in [-0.2, 0) is 11.2 Å². The van der Waals surface area contributed by atoms with Gasteiger partial charge in [0.05, 0.1) is 11.9 Å². The third-order valence-electron chi connectivity index (χ3n) is 2.53. The first-order valence-corrected chi connectivity index (χ1v) is 5.77. The molecule has 0 spiro atoms. The molecular formula is C12H18N4O3. The first-order chi connectivity index (χ1) is 8.90. The lowest BCUT2D eigenvalue weighted by Gasteiger charge is -2.11. The molecular weight excluding hydrogens is 248 g/mol. The third-order valence-corrected chi connectivity index (χ3v) is 2.53. The van der Waals surface area contributed by atoms with Crippen LogP contribution in [0.5, 0.6) is 11.5 Å². The summed E-state index contributed by atoms with van der Waals surface area (Å²) in [6, 6.07) is 3.63. The minimum Gasteiger partial charge on any atom is -0.504 e. The number of hydrogen-bond acceptors (Lipinski definition) is 5. The van der Waals surface area contributed by atoms with Crippen molar-refractivity contribution in [3.8, 4) is 11.5 Å². The standard InChI is InChI=1S/C12H18N4O3/c13-8(6-11(14)15)12(19)16-4-3-7-1-2-9(17)10(18)5-7/h1-2,5,8,17-18H,3-4,6,13H2,(H3,14,15)(H,16,19)/t8-/m1/s1. The number of amides is 1. The number of carbonyl (C=O) groups is 1. The average molecular weight is 266 g/mol. The zero-order valence-corrected chi connectivity index (χ0v) is 10.4. The molecule has 1 aromatic carbocycles. The Labute approximate surface area is 110 Å². The highest BCUT2D eigenvalue weighted by Gasteiger charge is 2.13. The lowest BCUT2D eigenvalue weighted by Crippen LogP contribution is -2.43. The summed E-state index contributed by atoms with van der Waals surface area (Å²) in [6.07, 6.45) is 0.512. The summed E-state index contributed by atoms with van der Waals surface area (Å²) in [4.78, 5) is 11.5. The molecule has 8 N–H and O–H groups in total. The molecule has 7 nitrogen and oxygen atoms in total. The van der Waals surface area contributed by atoms with Gasteiger partial charge in [0.15, 0.2) is 11.5 Å². The van der Waals surface area contributed by atoms with Crippen molar-refractivity contribution in [2.75, 3.05) is 6.54 Å². The van der Waals surface area contributed by atoms with Gasteiger partial charge in [-0.25, -0.2) is 0 Å². The molecule has 0 saturated carbocycles. The van der Waals surface area contributed by atoms with E-state index in [2.05, 4.69) is 5.32 Å². The topological polar surface area (TPSA) is 145 Å². The number of nitrogens with two attached hydrogens (primary N) is 2. The highest BCUT2D eigenvalue weighted by Crippen LogP contribution is 2.24. The molecule has 0 aromatic heterocycles. The monoisotopic (exact) mass is 266 g/mol. The molecule has 0 aliphatic rings. The molecule has 0 saturated heterocycles. The maximum absolute atomic E-state index is 11.5. The number of nitrogens with one attached hydrogen (secondary N) is 2. The number of phenols is 2. The van der Waals surface area contributed by atoms with Crippen molar-refractivity contribution in [3.05, 3.63) is 23.8 Å². The quantitative estimate of drug-likeness (QED) is 0.231. The first kappa shape index (κ1) is 14.8. The minimum absolute atomic E-state index is 0.0197. The Bertz CT molecular complexity index is 476. The second-order valence-electron chi connectivity index (χ2n) is 4.20. The summed E-state index contributed by atoms with van der Waals surface area (Å²) >= 11 is 0. The molecule has 1 amide bonds. The molecule has 1 aromatic rings. The summed E-state index contributed by atoms with van der Waals surface area (Å²) < 4.78 is 0. The van der Waals surface area contributed by atoms with Crippen LogP contribution < -0.4 is 16.8 Å². The maximum Gasteiger partial charge on any atom is 0.237 e. The Morgan fingerprint density at radius 3 is 2.63 bits per heavy atom. The third kappa shape index (κ3) is 4.84. The molecule has 0 aliphatic carbocycles. The molecule has 1 atom stereocenters. The van der Waals surface area contributed by atoms with Crippen molar-refractivity contribution >= 4 is 11.7 Å². The molecule has 0 radical (unpaired) electrons. The van der Waals surface area contributed by atoms with Crippen LogP contribution in [0, 0.1) is 5.41 Å². The van der Waals surface area contributed by atoms with Gasteiger partial charge in [-0.15, -0.1) is 0 Å². The number of aromatic hydroxyl groups is 2. The van der Waals surface area contributed by atoms with E-state index >= 15 is 0 Å². The lowest BCUT2D eigenvalue weighted by atomic mass is 10.1. The Morgan fingerprint density at radius 2 is 2.05 bits per heavy atom. The van der Waals surface area contributed by atoms with Crippen molar-refractivity contribution in [1.82, 2.24) is 5.32 Å². The number of rotatable bonds is 6. The Kier molecular flexibility index (Phi) is 5.13. The largest absolute Gasteiger partial charge is 0.504 e. The van der Waals surface area contributed by atoms with Crippen LogP contribution >= 0.6 is 0 Å². The number of carbonyl (C=O) groups excluding carboxylic acids is 1. The van der Waals surface area contributed by atoms with Crippen molar-refractivity contribution in [2.24, 2.45) is 11.5 Å². The van der Waals surface area contributed by atoms with E-state index in [1.807, 2.05) is 0 Å². The second-order valence-corrected chi connectivity index (χ2v) is 4.20. The Morgan fingerprint density at radius 1 is 1.37 bits per heavy atom. The van der Waals surface area contributed by atoms with Crippen LogP contribution in [0.15, 0.2) is 18.2 Å². The number of phenolic OH excluding ortho intramolecular Hbond substituents is 2. The van der Waals surface area contributed by atoms with Gasteiger partial charge in [-0.1, -0.05) is 6.07 Å². The van der Waals surface area contributed by atoms with Gasteiger partial charge in [0.1, 0.15) is 0 Å². The predicted octanol–water partition coefficient (Wildman–Crippen LogP) is -0.590. The number of benzene rings is 1. The van der Waals surface area contributed by atoms with Gasteiger partial charge in [-0.3, -0.25) is 10.2 Å². The molecule has 0 bridgehead atoms. The molecule has 19 heavy (non-hydrogen) atoms. The van der Waals surface area contributed by atoms with Crippen molar-refractivity contribution in [2.45, 2.75) is 18.9 Å². The normalized spacial score (nSPS) is 11.8. The van der Waals surface area contributed by atoms with Gasteiger partial charge in [0, 0.05) is 13.0 Å². The maximum atomic E-state index is 11.5. The molecule has 1 rings (SSSR count). The van der Waals surface area contributed by atoms with Gasteiger partial charge in [-0.05, 0) is 24.1 Å². The lowest BCUT2D eigenvalue weighted by molar-refractivity contribution is -0.122. The van der Waals surface area contributed by atoms with Crippen LogP contribution in [0.25, 0.3) is 0 Å². The van der Waals surface area contributed by atoms with E-state index in [0.29, 0.717) is 13.0 Å². The van der Waals surface area contributed by atoms with Gasteiger partial charge in [0.2, 0.25) is 5.91 Å². The Hall–Kier alpha value is -2.28. The highest BCUT2D eigenvalue weighted by molar-refractivity contribution is 5.88. The van der Waals surface area contributed by atoms with Crippen LogP contribution in [-0.4, -0.2) is 34.5 Å². The summed E-state index contributed by atoms with van der Waals surface area (Å²) in [5.41, 5.74) is 11.5. The van der Waals surface area contributed by atoms with E-state index in [4.69, 9.17) is 22.0 Å². The SMILES string of the molecule is N=C(N)C[C@@H](N)C(=O)NCCc1ccc(O)c(O)c1.